The van der Waals surface area contributed by atoms with E-state index >= 15 is 0 Å². The van der Waals surface area contributed by atoms with E-state index in [0.717, 1.165) is 43.8 Å². The van der Waals surface area contributed by atoms with Crippen LogP contribution in [0.5, 0.6) is 0 Å². The summed E-state index contributed by atoms with van der Waals surface area (Å²) in [5.41, 5.74) is 3.19. The molecule has 132 valence electrons. The third kappa shape index (κ3) is 4.36. The molecular weight excluding hydrogens is 322 g/mol. The molecular formula is C18H27N3O2S. The Kier molecular flexibility index (Phi) is 5.89. The van der Waals surface area contributed by atoms with E-state index < -0.39 is 0 Å². The minimum atomic E-state index is -0.164. The molecule has 0 radical (unpaired) electrons. The molecule has 2 aliphatic heterocycles. The van der Waals surface area contributed by atoms with Crippen molar-refractivity contribution in [2.75, 3.05) is 41.4 Å². The minimum absolute atomic E-state index is 0.0259. The minimum Gasteiger partial charge on any atom is -0.376 e. The summed E-state index contributed by atoms with van der Waals surface area (Å²) < 4.78 is 5.62. The molecule has 6 heteroatoms. The SMILES string of the molecule is Cc1cc(N2CCSCC2)ccc1NC(=O)N[C@@H](C)[C@@H]1CCCO1. The number of anilines is 2. The molecule has 2 heterocycles. The van der Waals surface area contributed by atoms with Crippen molar-refractivity contribution >= 4 is 29.2 Å². The van der Waals surface area contributed by atoms with E-state index in [-0.39, 0.29) is 18.2 Å². The van der Waals surface area contributed by atoms with Gasteiger partial charge >= 0.3 is 6.03 Å². The molecule has 24 heavy (non-hydrogen) atoms. The summed E-state index contributed by atoms with van der Waals surface area (Å²) in [5.74, 6) is 2.37. The second kappa shape index (κ2) is 8.12. The Bertz CT molecular complexity index is 569. The maximum absolute atomic E-state index is 12.2. The fraction of sp³-hybridized carbons (Fsp3) is 0.611. The standard InChI is InChI=1S/C18H27N3O2S/c1-13-12-15(21-7-10-24-11-8-21)5-6-16(13)20-18(22)19-14(2)17-4-3-9-23-17/h5-6,12,14,17H,3-4,7-11H2,1-2H3,(H2,19,20,22)/t14-,17-/m0/s1. The molecule has 2 N–H and O–H groups in total. The summed E-state index contributed by atoms with van der Waals surface area (Å²) in [6.45, 7) is 7.03. The van der Waals surface area contributed by atoms with Crippen LogP contribution in [0, 0.1) is 6.92 Å². The Hall–Kier alpha value is -1.40. The lowest BCUT2D eigenvalue weighted by Crippen LogP contribution is -2.43. The molecule has 0 aliphatic carbocycles. The van der Waals surface area contributed by atoms with E-state index in [1.807, 2.05) is 31.7 Å². The second-order valence-corrected chi connectivity index (χ2v) is 7.76. The first kappa shape index (κ1) is 17.4. The second-order valence-electron chi connectivity index (χ2n) is 6.54. The van der Waals surface area contributed by atoms with Gasteiger partial charge in [0, 0.05) is 42.6 Å². The zero-order valence-electron chi connectivity index (χ0n) is 14.5. The molecule has 0 aromatic heterocycles. The number of nitrogens with one attached hydrogen (secondary N) is 2. The summed E-state index contributed by atoms with van der Waals surface area (Å²) in [5, 5.41) is 5.95. The highest BCUT2D eigenvalue weighted by Gasteiger charge is 2.23. The number of benzene rings is 1. The molecule has 2 saturated heterocycles. The van der Waals surface area contributed by atoms with Crippen LogP contribution in [0.3, 0.4) is 0 Å². The number of thioether (sulfide) groups is 1. The first-order chi connectivity index (χ1) is 11.6. The summed E-state index contributed by atoms with van der Waals surface area (Å²) in [4.78, 5) is 14.6. The lowest BCUT2D eigenvalue weighted by atomic mass is 10.1. The van der Waals surface area contributed by atoms with Gasteiger partial charge in [0.1, 0.15) is 0 Å². The van der Waals surface area contributed by atoms with E-state index in [9.17, 15) is 4.79 Å². The topological polar surface area (TPSA) is 53.6 Å². The average molecular weight is 350 g/mol. The fourth-order valence-electron chi connectivity index (χ4n) is 3.26. The van der Waals surface area contributed by atoms with Crippen LogP contribution in [0.1, 0.15) is 25.3 Å². The summed E-state index contributed by atoms with van der Waals surface area (Å²) >= 11 is 2.01. The Morgan fingerprint density at radius 2 is 2.17 bits per heavy atom. The first-order valence-electron chi connectivity index (χ1n) is 8.76. The third-order valence-corrected chi connectivity index (χ3v) is 5.66. The van der Waals surface area contributed by atoms with Gasteiger partial charge < -0.3 is 20.3 Å². The number of hydrogen-bond donors (Lipinski definition) is 2. The fourth-order valence-corrected chi connectivity index (χ4v) is 4.16. The van der Waals surface area contributed by atoms with Crippen LogP contribution in [0.2, 0.25) is 0 Å². The largest absolute Gasteiger partial charge is 0.376 e. The van der Waals surface area contributed by atoms with Crippen LogP contribution in [-0.4, -0.2) is 49.4 Å². The van der Waals surface area contributed by atoms with Gasteiger partial charge in [0.25, 0.3) is 0 Å². The van der Waals surface area contributed by atoms with Gasteiger partial charge in [0.15, 0.2) is 0 Å². The number of ether oxygens (including phenoxy) is 1. The molecule has 2 fully saturated rings. The highest BCUT2D eigenvalue weighted by Crippen LogP contribution is 2.25. The maximum Gasteiger partial charge on any atom is 0.319 e. The number of carbonyl (C=O) groups excluding carboxylic acids is 1. The van der Waals surface area contributed by atoms with E-state index in [4.69, 9.17) is 4.74 Å². The molecule has 0 unspecified atom stereocenters. The highest BCUT2D eigenvalue weighted by molar-refractivity contribution is 7.99. The Labute approximate surface area is 148 Å². The summed E-state index contributed by atoms with van der Waals surface area (Å²) in [7, 11) is 0. The van der Waals surface area contributed by atoms with Crippen LogP contribution >= 0.6 is 11.8 Å². The monoisotopic (exact) mass is 349 g/mol. The smallest absolute Gasteiger partial charge is 0.319 e. The molecule has 1 aromatic carbocycles. The Morgan fingerprint density at radius 1 is 1.38 bits per heavy atom. The van der Waals surface area contributed by atoms with Crippen LogP contribution < -0.4 is 15.5 Å². The number of carbonyl (C=O) groups is 1. The van der Waals surface area contributed by atoms with Crippen LogP contribution in [0.4, 0.5) is 16.2 Å². The van der Waals surface area contributed by atoms with Crippen molar-refractivity contribution in [2.24, 2.45) is 0 Å². The van der Waals surface area contributed by atoms with Gasteiger partial charge in [-0.3, -0.25) is 0 Å². The predicted octanol–water partition coefficient (Wildman–Crippen LogP) is 3.24. The molecule has 0 spiro atoms. The van der Waals surface area contributed by atoms with Crippen molar-refractivity contribution in [3.05, 3.63) is 23.8 Å². The van der Waals surface area contributed by atoms with Gasteiger partial charge in [-0.05, 0) is 50.5 Å². The zero-order valence-corrected chi connectivity index (χ0v) is 15.3. The summed E-state index contributed by atoms with van der Waals surface area (Å²) in [6.07, 6.45) is 2.23. The molecule has 0 bridgehead atoms. The van der Waals surface area contributed by atoms with Crippen LogP contribution in [0.15, 0.2) is 18.2 Å². The van der Waals surface area contributed by atoms with Crippen molar-refractivity contribution in [1.29, 1.82) is 0 Å². The molecule has 2 atom stereocenters. The molecule has 0 saturated carbocycles. The van der Waals surface area contributed by atoms with Gasteiger partial charge in [0.2, 0.25) is 0 Å². The van der Waals surface area contributed by atoms with E-state index in [1.165, 1.54) is 17.2 Å². The Morgan fingerprint density at radius 3 is 2.83 bits per heavy atom. The normalized spacial score (nSPS) is 22.2. The maximum atomic E-state index is 12.2. The number of rotatable bonds is 4. The zero-order chi connectivity index (χ0) is 16.9. The average Bonchev–Trinajstić information content (AvgIpc) is 3.12. The molecule has 2 amide bonds. The lowest BCUT2D eigenvalue weighted by molar-refractivity contribution is 0.0868. The number of urea groups is 1. The van der Waals surface area contributed by atoms with Gasteiger partial charge in [-0.1, -0.05) is 0 Å². The molecule has 5 nitrogen and oxygen atoms in total. The van der Waals surface area contributed by atoms with Crippen LogP contribution in [0.25, 0.3) is 0 Å². The summed E-state index contributed by atoms with van der Waals surface area (Å²) in [6, 6.07) is 6.13. The first-order valence-corrected chi connectivity index (χ1v) is 9.91. The van der Waals surface area contributed by atoms with E-state index in [1.54, 1.807) is 0 Å². The quantitative estimate of drug-likeness (QED) is 0.876. The van der Waals surface area contributed by atoms with E-state index in [2.05, 4.69) is 27.7 Å². The third-order valence-electron chi connectivity index (χ3n) is 4.72. The van der Waals surface area contributed by atoms with Gasteiger partial charge in [-0.15, -0.1) is 0 Å². The number of amides is 2. The highest BCUT2D eigenvalue weighted by atomic mass is 32.2. The van der Waals surface area contributed by atoms with Gasteiger partial charge in [-0.2, -0.15) is 11.8 Å². The van der Waals surface area contributed by atoms with Crippen LogP contribution in [-0.2, 0) is 4.74 Å². The van der Waals surface area contributed by atoms with Gasteiger partial charge in [0.05, 0.1) is 12.1 Å². The van der Waals surface area contributed by atoms with Crippen molar-refractivity contribution in [3.63, 3.8) is 0 Å². The predicted molar refractivity (Wildman–Crippen MR) is 101 cm³/mol. The van der Waals surface area contributed by atoms with Crippen molar-refractivity contribution < 1.29 is 9.53 Å². The van der Waals surface area contributed by atoms with Crippen molar-refractivity contribution in [3.8, 4) is 0 Å². The number of aryl methyl sites for hydroxylation is 1. The number of nitrogens with zero attached hydrogens (tertiary/aromatic N) is 1. The number of hydrogen-bond acceptors (Lipinski definition) is 4. The molecule has 1 aromatic rings. The van der Waals surface area contributed by atoms with E-state index in [0.29, 0.717) is 0 Å². The Balaban J connectivity index is 1.57. The lowest BCUT2D eigenvalue weighted by Gasteiger charge is -2.29. The van der Waals surface area contributed by atoms with Gasteiger partial charge in [-0.25, -0.2) is 4.79 Å². The van der Waals surface area contributed by atoms with Crippen molar-refractivity contribution in [1.82, 2.24) is 5.32 Å². The molecule has 3 rings (SSSR count). The molecule has 2 aliphatic rings. The van der Waals surface area contributed by atoms with Crippen molar-refractivity contribution in [2.45, 2.75) is 38.8 Å².